The molecule has 76 heavy (non-hydrogen) atoms. The van der Waals surface area contributed by atoms with Gasteiger partial charge < -0.3 is 9.80 Å². The van der Waals surface area contributed by atoms with Crippen LogP contribution in [-0.2, 0) is 10.8 Å². The molecule has 0 aromatic heterocycles. The smallest absolute Gasteiger partial charge is 0.0468 e. The Morgan fingerprint density at radius 1 is 0.224 bits per heavy atom. The fraction of sp³-hybridized carbons (Fsp3) is 0.0811. The molecule has 14 rings (SSSR count). The Morgan fingerprint density at radius 2 is 0.566 bits per heavy atom. The van der Waals surface area contributed by atoms with Crippen LogP contribution in [0.3, 0.4) is 0 Å². The van der Waals surface area contributed by atoms with E-state index in [0.717, 1.165) is 34.1 Å². The predicted molar refractivity (Wildman–Crippen MR) is 322 cm³/mol. The van der Waals surface area contributed by atoms with E-state index >= 15 is 0 Å². The second-order valence-electron chi connectivity index (χ2n) is 21.7. The molecule has 0 aliphatic heterocycles. The fourth-order valence-electron chi connectivity index (χ4n) is 12.9. The van der Waals surface area contributed by atoms with Gasteiger partial charge in [-0.2, -0.15) is 0 Å². The van der Waals surface area contributed by atoms with Gasteiger partial charge in [0.05, 0.1) is 0 Å². The van der Waals surface area contributed by atoms with E-state index in [-0.39, 0.29) is 10.8 Å². The van der Waals surface area contributed by atoms with Gasteiger partial charge in [-0.3, -0.25) is 0 Å². The normalized spacial score (nSPS) is 13.5. The number of para-hydroxylation sites is 2. The maximum absolute atomic E-state index is 2.45. The molecule has 0 saturated heterocycles. The summed E-state index contributed by atoms with van der Waals surface area (Å²) in [5.74, 6) is 0. The minimum Gasteiger partial charge on any atom is -0.310 e. The molecule has 0 bridgehead atoms. The topological polar surface area (TPSA) is 6.48 Å². The molecule has 2 heteroatoms. The van der Waals surface area contributed by atoms with Gasteiger partial charge in [-0.25, -0.2) is 0 Å². The summed E-state index contributed by atoms with van der Waals surface area (Å²) in [6.45, 7) is 9.50. The minimum absolute atomic E-state index is 0.136. The molecule has 0 fully saturated rings. The van der Waals surface area contributed by atoms with E-state index in [2.05, 4.69) is 304 Å². The van der Waals surface area contributed by atoms with Crippen molar-refractivity contribution in [2.75, 3.05) is 9.80 Å². The van der Waals surface area contributed by atoms with E-state index in [0.29, 0.717) is 0 Å². The third-order valence-corrected chi connectivity index (χ3v) is 16.6. The molecule has 2 nitrogen and oxygen atoms in total. The first-order valence-electron chi connectivity index (χ1n) is 26.7. The van der Waals surface area contributed by atoms with E-state index in [9.17, 15) is 0 Å². The van der Waals surface area contributed by atoms with Crippen LogP contribution in [0.15, 0.2) is 267 Å². The van der Waals surface area contributed by atoms with Crippen LogP contribution >= 0.6 is 0 Å². The van der Waals surface area contributed by atoms with E-state index < -0.39 is 0 Å². The maximum atomic E-state index is 2.45. The van der Waals surface area contributed by atoms with E-state index in [1.807, 2.05) is 0 Å². The second kappa shape index (κ2) is 17.7. The van der Waals surface area contributed by atoms with Gasteiger partial charge in [-0.05, 0) is 178 Å². The first-order valence-corrected chi connectivity index (χ1v) is 26.7. The van der Waals surface area contributed by atoms with E-state index in [1.54, 1.807) is 0 Å². The summed E-state index contributed by atoms with van der Waals surface area (Å²) in [5.41, 5.74) is 24.3. The van der Waals surface area contributed by atoms with Crippen LogP contribution < -0.4 is 9.80 Å². The van der Waals surface area contributed by atoms with Gasteiger partial charge in [0.25, 0.3) is 0 Å². The van der Waals surface area contributed by atoms with Gasteiger partial charge in [0.2, 0.25) is 0 Å². The Balaban J connectivity index is 0.973. The summed E-state index contributed by atoms with van der Waals surface area (Å²) >= 11 is 0. The Labute approximate surface area is 446 Å². The summed E-state index contributed by atoms with van der Waals surface area (Å²) in [6.07, 6.45) is 0. The number of anilines is 6. The van der Waals surface area contributed by atoms with Crippen molar-refractivity contribution in [2.24, 2.45) is 0 Å². The molecule has 0 atom stereocenters. The minimum atomic E-state index is -0.209. The Bertz CT molecular complexity index is 4200. The van der Waals surface area contributed by atoms with Gasteiger partial charge in [0.15, 0.2) is 0 Å². The zero-order chi connectivity index (χ0) is 51.1. The van der Waals surface area contributed by atoms with Crippen LogP contribution in [0, 0.1) is 0 Å². The van der Waals surface area contributed by atoms with Crippen molar-refractivity contribution < 1.29 is 0 Å². The number of rotatable bonds is 9. The fourth-order valence-corrected chi connectivity index (χ4v) is 12.9. The number of hydrogen-bond donors (Lipinski definition) is 0. The van der Waals surface area contributed by atoms with E-state index in [1.165, 1.54) is 99.4 Å². The van der Waals surface area contributed by atoms with Crippen LogP contribution in [0.5, 0.6) is 0 Å². The van der Waals surface area contributed by atoms with Gasteiger partial charge in [0.1, 0.15) is 0 Å². The first-order chi connectivity index (χ1) is 37.2. The average molecular weight is 973 g/mol. The lowest BCUT2D eigenvalue weighted by Crippen LogP contribution is -2.16. The number of nitrogens with zero attached hydrogens (tertiary/aromatic N) is 2. The molecule has 0 saturated carbocycles. The number of benzene rings is 12. The SMILES string of the molecule is CC1(C)c2ccccc2-c2ccc(N(c3ccccc3)c3ccc4c(-c5ccccc5)c5cc(N(c6ccccc6)c6ccc7c(c6)C(C)(C)c6cc(-c8ccccc8)ccc6-7)ccc5c(-c5ccccc5)c4c3)cc21. The lowest BCUT2D eigenvalue weighted by molar-refractivity contribution is 0.660. The molecule has 2 aliphatic rings. The summed E-state index contributed by atoms with van der Waals surface area (Å²) in [5, 5.41) is 4.81. The Hall–Kier alpha value is -9.24. The summed E-state index contributed by atoms with van der Waals surface area (Å²) in [7, 11) is 0. The lowest BCUT2D eigenvalue weighted by Gasteiger charge is -2.30. The molecule has 0 amide bonds. The number of hydrogen-bond acceptors (Lipinski definition) is 2. The monoisotopic (exact) mass is 972 g/mol. The summed E-state index contributed by atoms with van der Waals surface area (Å²) in [4.78, 5) is 4.89. The highest BCUT2D eigenvalue weighted by atomic mass is 15.1. The van der Waals surface area contributed by atoms with Crippen molar-refractivity contribution in [3.63, 3.8) is 0 Å². The largest absolute Gasteiger partial charge is 0.310 e. The molecule has 362 valence electrons. The molecule has 12 aromatic rings. The van der Waals surface area contributed by atoms with Crippen LogP contribution in [0.4, 0.5) is 34.1 Å². The molecule has 0 N–H and O–H groups in total. The third kappa shape index (κ3) is 7.23. The van der Waals surface area contributed by atoms with Crippen molar-refractivity contribution >= 4 is 55.7 Å². The first kappa shape index (κ1) is 45.4. The lowest BCUT2D eigenvalue weighted by atomic mass is 9.81. The van der Waals surface area contributed by atoms with Gasteiger partial charge in [0, 0.05) is 45.0 Å². The highest BCUT2D eigenvalue weighted by Gasteiger charge is 2.38. The van der Waals surface area contributed by atoms with Gasteiger partial charge in [-0.1, -0.05) is 216 Å². The van der Waals surface area contributed by atoms with Gasteiger partial charge in [-0.15, -0.1) is 0 Å². The highest BCUT2D eigenvalue weighted by Crippen LogP contribution is 2.54. The molecule has 0 unspecified atom stereocenters. The molecule has 2 aliphatic carbocycles. The van der Waals surface area contributed by atoms with Crippen molar-refractivity contribution in [1.29, 1.82) is 0 Å². The predicted octanol–water partition coefficient (Wildman–Crippen LogP) is 20.5. The van der Waals surface area contributed by atoms with Crippen LogP contribution in [0.2, 0.25) is 0 Å². The molecular weight excluding hydrogens is 917 g/mol. The second-order valence-corrected chi connectivity index (χ2v) is 21.7. The Kier molecular flexibility index (Phi) is 10.6. The highest BCUT2D eigenvalue weighted by molar-refractivity contribution is 6.22. The van der Waals surface area contributed by atoms with Crippen molar-refractivity contribution in [1.82, 2.24) is 0 Å². The standard InChI is InChI=1S/C74H56N2/c1-73(2)67-33-21-20-32-59(67)61-40-35-57(47-69(61)73)75(53-28-16-8-17-29-53)55-37-42-63-65(45-55)71(50-24-12-6-13-25-50)64-43-38-56(46-66(64)72(63)51-26-14-7-15-27-51)76(54-30-18-9-19-31-54)58-36-41-62-60-39-34-52(49-22-10-5-11-23-49)44-68(60)74(3,4)70(62)48-58/h5-48H,1-4H3. The summed E-state index contributed by atoms with van der Waals surface area (Å²) < 4.78 is 0. The molecular formula is C74H56N2. The molecule has 12 aromatic carbocycles. The van der Waals surface area contributed by atoms with E-state index in [4.69, 9.17) is 0 Å². The van der Waals surface area contributed by atoms with Crippen LogP contribution in [0.1, 0.15) is 49.9 Å². The average Bonchev–Trinajstić information content (AvgIpc) is 3.85. The van der Waals surface area contributed by atoms with Crippen molar-refractivity contribution in [3.8, 4) is 55.6 Å². The Morgan fingerprint density at radius 3 is 1.04 bits per heavy atom. The van der Waals surface area contributed by atoms with Crippen LogP contribution in [0.25, 0.3) is 77.2 Å². The van der Waals surface area contributed by atoms with Gasteiger partial charge >= 0.3 is 0 Å². The molecule has 0 radical (unpaired) electrons. The third-order valence-electron chi connectivity index (χ3n) is 16.6. The summed E-state index contributed by atoms with van der Waals surface area (Å²) in [6, 6.07) is 99.0. The van der Waals surface area contributed by atoms with Crippen molar-refractivity contribution in [3.05, 3.63) is 289 Å². The molecule has 0 heterocycles. The molecule has 0 spiro atoms. The van der Waals surface area contributed by atoms with Crippen molar-refractivity contribution in [2.45, 2.75) is 38.5 Å². The maximum Gasteiger partial charge on any atom is 0.0468 e. The zero-order valence-corrected chi connectivity index (χ0v) is 43.3. The quantitative estimate of drug-likeness (QED) is 0.133. The van der Waals surface area contributed by atoms with Crippen LogP contribution in [-0.4, -0.2) is 0 Å². The zero-order valence-electron chi connectivity index (χ0n) is 43.3. The number of fused-ring (bicyclic) bond motifs is 8.